The summed E-state index contributed by atoms with van der Waals surface area (Å²) in [4.78, 5) is 24.0. The molecule has 0 aliphatic heterocycles. The van der Waals surface area contributed by atoms with Crippen molar-refractivity contribution in [3.05, 3.63) is 42.5 Å². The van der Waals surface area contributed by atoms with E-state index < -0.39 is 12.0 Å². The van der Waals surface area contributed by atoms with Gasteiger partial charge in [0.1, 0.15) is 6.54 Å². The number of carboxylic acids is 1. The van der Waals surface area contributed by atoms with E-state index in [0.29, 0.717) is 12.2 Å². The second-order valence-corrected chi connectivity index (χ2v) is 3.91. The Bertz CT molecular complexity index is 443. The molecule has 0 saturated carbocycles. The number of carbonyl (C=O) groups excluding carboxylic acids is 1. The molecule has 0 heterocycles. The largest absolute Gasteiger partial charge is 0.480 e. The highest BCUT2D eigenvalue weighted by Crippen LogP contribution is 2.12. The fraction of sp³-hybridized carbons (Fsp3) is 0.286. The number of anilines is 1. The fourth-order valence-corrected chi connectivity index (χ4v) is 1.55. The van der Waals surface area contributed by atoms with Gasteiger partial charge in [-0.2, -0.15) is 0 Å². The van der Waals surface area contributed by atoms with Crippen LogP contribution in [0.1, 0.15) is 13.3 Å². The average molecular weight is 262 g/mol. The minimum Gasteiger partial charge on any atom is -0.480 e. The number of amides is 2. The van der Waals surface area contributed by atoms with Gasteiger partial charge >= 0.3 is 12.0 Å². The summed E-state index contributed by atoms with van der Waals surface area (Å²) in [6.45, 7) is 2.02. The summed E-state index contributed by atoms with van der Waals surface area (Å²) in [6.07, 6.45) is 4.56. The number of nitrogens with zero attached hydrogens (tertiary/aromatic N) is 1. The van der Waals surface area contributed by atoms with Crippen molar-refractivity contribution in [3.8, 4) is 0 Å². The van der Waals surface area contributed by atoms with Crippen LogP contribution in [0.2, 0.25) is 0 Å². The molecule has 5 nitrogen and oxygen atoms in total. The van der Waals surface area contributed by atoms with E-state index in [9.17, 15) is 9.59 Å². The highest BCUT2D eigenvalue weighted by atomic mass is 16.4. The molecule has 0 spiro atoms. The molecule has 1 rings (SSSR count). The maximum atomic E-state index is 12.0. The number of urea groups is 1. The van der Waals surface area contributed by atoms with E-state index in [1.165, 1.54) is 4.90 Å². The van der Waals surface area contributed by atoms with E-state index in [-0.39, 0.29) is 6.54 Å². The van der Waals surface area contributed by atoms with Crippen LogP contribution in [0.3, 0.4) is 0 Å². The molecule has 2 amide bonds. The van der Waals surface area contributed by atoms with Crippen molar-refractivity contribution < 1.29 is 14.7 Å². The summed E-state index contributed by atoms with van der Waals surface area (Å²) >= 11 is 0. The summed E-state index contributed by atoms with van der Waals surface area (Å²) in [7, 11) is 0. The number of hydrogen-bond donors (Lipinski definition) is 2. The van der Waals surface area contributed by atoms with Crippen LogP contribution in [0, 0.1) is 0 Å². The van der Waals surface area contributed by atoms with Crippen LogP contribution in [0.15, 0.2) is 42.5 Å². The molecule has 5 heteroatoms. The monoisotopic (exact) mass is 262 g/mol. The highest BCUT2D eigenvalue weighted by Gasteiger charge is 2.17. The highest BCUT2D eigenvalue weighted by molar-refractivity contribution is 5.96. The van der Waals surface area contributed by atoms with Gasteiger partial charge in [0, 0.05) is 12.2 Å². The van der Waals surface area contributed by atoms with Crippen LogP contribution in [-0.4, -0.2) is 30.2 Å². The number of benzene rings is 1. The van der Waals surface area contributed by atoms with E-state index in [4.69, 9.17) is 5.11 Å². The molecule has 0 fully saturated rings. The van der Waals surface area contributed by atoms with Gasteiger partial charge in [-0.05, 0) is 25.5 Å². The third-order valence-corrected chi connectivity index (χ3v) is 2.43. The molecule has 0 atom stereocenters. The van der Waals surface area contributed by atoms with Gasteiger partial charge in [0.2, 0.25) is 0 Å². The van der Waals surface area contributed by atoms with Crippen LogP contribution in [0.5, 0.6) is 0 Å². The summed E-state index contributed by atoms with van der Waals surface area (Å²) in [5, 5.41) is 11.6. The number of carboxylic acid groups (broad SMARTS) is 1. The maximum Gasteiger partial charge on any atom is 0.323 e. The van der Waals surface area contributed by atoms with E-state index in [1.54, 1.807) is 24.3 Å². The number of carbonyl (C=O) groups is 2. The number of hydrogen-bond acceptors (Lipinski definition) is 2. The molecule has 19 heavy (non-hydrogen) atoms. The molecule has 2 N–H and O–H groups in total. The van der Waals surface area contributed by atoms with Crippen molar-refractivity contribution in [3.63, 3.8) is 0 Å². The Morgan fingerprint density at radius 1 is 1.32 bits per heavy atom. The van der Waals surface area contributed by atoms with Gasteiger partial charge in [-0.1, -0.05) is 30.4 Å². The minimum absolute atomic E-state index is 0.362. The normalized spacial score (nSPS) is 10.4. The SMILES string of the molecule is C/C=C/CCNC(=O)N(CC(=O)O)c1ccccc1. The van der Waals surface area contributed by atoms with Crippen molar-refractivity contribution in [1.29, 1.82) is 0 Å². The number of rotatable bonds is 6. The Morgan fingerprint density at radius 2 is 2.00 bits per heavy atom. The van der Waals surface area contributed by atoms with Crippen LogP contribution < -0.4 is 10.2 Å². The Balaban J connectivity index is 2.68. The first kappa shape index (κ1) is 14.8. The molecule has 1 aromatic rings. The number of para-hydroxylation sites is 1. The molecule has 102 valence electrons. The second kappa shape index (κ2) is 7.92. The molecule has 0 radical (unpaired) electrons. The Hall–Kier alpha value is -2.30. The van der Waals surface area contributed by atoms with Crippen molar-refractivity contribution >= 4 is 17.7 Å². The second-order valence-electron chi connectivity index (χ2n) is 3.91. The van der Waals surface area contributed by atoms with Crippen LogP contribution in [0.25, 0.3) is 0 Å². The molecule has 0 aliphatic rings. The average Bonchev–Trinajstić information content (AvgIpc) is 2.41. The standard InChI is InChI=1S/C14H18N2O3/c1-2-3-7-10-15-14(19)16(11-13(17)18)12-8-5-4-6-9-12/h2-6,8-9H,7,10-11H2,1H3,(H,15,19)(H,17,18)/b3-2+. The van der Waals surface area contributed by atoms with Crippen molar-refractivity contribution in [2.24, 2.45) is 0 Å². The minimum atomic E-state index is -1.05. The third kappa shape index (κ3) is 5.25. The van der Waals surface area contributed by atoms with Gasteiger partial charge in [0.05, 0.1) is 0 Å². The molecule has 1 aromatic carbocycles. The van der Waals surface area contributed by atoms with Crippen molar-refractivity contribution in [2.75, 3.05) is 18.0 Å². The quantitative estimate of drug-likeness (QED) is 0.610. The predicted octanol–water partition coefficient (Wildman–Crippen LogP) is 2.25. The molecular weight excluding hydrogens is 244 g/mol. The summed E-state index contributed by atoms with van der Waals surface area (Å²) in [5.74, 6) is -1.05. The topological polar surface area (TPSA) is 69.6 Å². The lowest BCUT2D eigenvalue weighted by Gasteiger charge is -2.21. The first-order chi connectivity index (χ1) is 9.15. The Morgan fingerprint density at radius 3 is 2.58 bits per heavy atom. The molecule has 0 aromatic heterocycles. The molecule has 0 saturated heterocycles. The van der Waals surface area contributed by atoms with Gasteiger partial charge in [0.15, 0.2) is 0 Å². The first-order valence-corrected chi connectivity index (χ1v) is 6.08. The van der Waals surface area contributed by atoms with Crippen LogP contribution in [-0.2, 0) is 4.79 Å². The lowest BCUT2D eigenvalue weighted by atomic mass is 10.3. The zero-order valence-electron chi connectivity index (χ0n) is 10.9. The number of aliphatic carboxylic acids is 1. The molecule has 0 unspecified atom stereocenters. The Kier molecular flexibility index (Phi) is 6.15. The Labute approximate surface area is 112 Å². The zero-order valence-corrected chi connectivity index (χ0v) is 10.9. The predicted molar refractivity (Wildman–Crippen MR) is 74.3 cm³/mol. The van der Waals surface area contributed by atoms with Gasteiger partial charge in [-0.3, -0.25) is 9.69 Å². The molecular formula is C14H18N2O3. The van der Waals surface area contributed by atoms with Crippen molar-refractivity contribution in [1.82, 2.24) is 5.32 Å². The lowest BCUT2D eigenvalue weighted by molar-refractivity contribution is -0.135. The summed E-state index contributed by atoms with van der Waals surface area (Å²) in [6, 6.07) is 8.34. The van der Waals surface area contributed by atoms with Crippen molar-refractivity contribution in [2.45, 2.75) is 13.3 Å². The smallest absolute Gasteiger partial charge is 0.323 e. The fourth-order valence-electron chi connectivity index (χ4n) is 1.55. The third-order valence-electron chi connectivity index (χ3n) is 2.43. The lowest BCUT2D eigenvalue weighted by Crippen LogP contribution is -2.43. The van der Waals surface area contributed by atoms with E-state index in [1.807, 2.05) is 25.1 Å². The summed E-state index contributed by atoms with van der Waals surface area (Å²) in [5.41, 5.74) is 0.563. The van der Waals surface area contributed by atoms with E-state index >= 15 is 0 Å². The van der Waals surface area contributed by atoms with Gasteiger partial charge in [-0.25, -0.2) is 4.79 Å². The van der Waals surface area contributed by atoms with E-state index in [0.717, 1.165) is 6.42 Å². The first-order valence-electron chi connectivity index (χ1n) is 6.08. The van der Waals surface area contributed by atoms with Gasteiger partial charge in [0.25, 0.3) is 0 Å². The maximum absolute atomic E-state index is 12.0. The van der Waals surface area contributed by atoms with Gasteiger partial charge < -0.3 is 10.4 Å². The summed E-state index contributed by atoms with van der Waals surface area (Å²) < 4.78 is 0. The van der Waals surface area contributed by atoms with E-state index in [2.05, 4.69) is 5.32 Å². The van der Waals surface area contributed by atoms with Crippen LogP contribution >= 0.6 is 0 Å². The zero-order chi connectivity index (χ0) is 14.1. The van der Waals surface area contributed by atoms with Crippen LogP contribution in [0.4, 0.5) is 10.5 Å². The number of allylic oxidation sites excluding steroid dienone is 1. The molecule has 0 bridgehead atoms. The van der Waals surface area contributed by atoms with Gasteiger partial charge in [-0.15, -0.1) is 0 Å². The number of nitrogens with one attached hydrogen (secondary N) is 1. The molecule has 0 aliphatic carbocycles.